The summed E-state index contributed by atoms with van der Waals surface area (Å²) in [6.45, 7) is 3.89. The largest absolute Gasteiger partial charge is 0.376 e. The van der Waals surface area contributed by atoms with Crippen molar-refractivity contribution in [3.05, 3.63) is 143 Å². The molecule has 0 saturated carbocycles. The summed E-state index contributed by atoms with van der Waals surface area (Å²) in [5.74, 6) is 1.36. The van der Waals surface area contributed by atoms with E-state index in [9.17, 15) is 18.5 Å². The van der Waals surface area contributed by atoms with Crippen LogP contribution in [0.1, 0.15) is 6.42 Å². The maximum Gasteiger partial charge on any atom is 0.293 e. The van der Waals surface area contributed by atoms with E-state index in [0.717, 1.165) is 78.2 Å². The molecule has 1 aliphatic rings. The predicted octanol–water partition coefficient (Wildman–Crippen LogP) is 9.22. The van der Waals surface area contributed by atoms with Crippen molar-refractivity contribution in [2.75, 3.05) is 72.4 Å². The van der Waals surface area contributed by atoms with Crippen LogP contribution in [-0.2, 0) is 10.0 Å². The first-order chi connectivity index (χ1) is 28.0. The Balaban J connectivity index is 0.974. The lowest BCUT2D eigenvalue weighted by Crippen LogP contribution is -2.46. The van der Waals surface area contributed by atoms with Crippen molar-refractivity contribution in [3.63, 3.8) is 0 Å². The van der Waals surface area contributed by atoms with Gasteiger partial charge in [0.2, 0.25) is 0 Å². The van der Waals surface area contributed by atoms with Gasteiger partial charge in [0.05, 0.1) is 16.0 Å². The molecule has 0 radical (unpaired) electrons. The molecule has 2 heterocycles. The minimum Gasteiger partial charge on any atom is -0.376 e. The number of hydrogen-bond donors (Lipinski definition) is 2. The number of nitrogens with one attached hydrogen (secondary N) is 2. The summed E-state index contributed by atoms with van der Waals surface area (Å²) in [4.78, 5) is 19.3. The zero-order chi connectivity index (χ0) is 40.6. The molecular formula is C43H44ClN7O5S2. The summed E-state index contributed by atoms with van der Waals surface area (Å²) < 4.78 is 35.3. The van der Waals surface area contributed by atoms with Crippen LogP contribution in [0.15, 0.2) is 142 Å². The van der Waals surface area contributed by atoms with Gasteiger partial charge in [-0.15, -0.1) is 11.8 Å². The molecule has 1 aliphatic heterocycles. The van der Waals surface area contributed by atoms with Gasteiger partial charge in [-0.2, -0.15) is 0 Å². The Morgan fingerprint density at radius 2 is 1.57 bits per heavy atom. The average molecular weight is 838 g/mol. The van der Waals surface area contributed by atoms with Crippen LogP contribution < -0.4 is 19.8 Å². The van der Waals surface area contributed by atoms with Crippen molar-refractivity contribution in [1.29, 1.82) is 0 Å². The molecule has 1 saturated heterocycles. The fraction of sp³-hybridized carbons (Fsp3) is 0.233. The quantitative estimate of drug-likeness (QED) is 0.0549. The normalized spacial score (nSPS) is 13.7. The topological polar surface area (TPSA) is 137 Å². The Hall–Kier alpha value is -5.54. The fourth-order valence-electron chi connectivity index (χ4n) is 6.80. The van der Waals surface area contributed by atoms with Crippen LogP contribution >= 0.6 is 23.4 Å². The molecule has 6 aromatic rings. The van der Waals surface area contributed by atoms with E-state index in [1.807, 2.05) is 93.0 Å². The number of rotatable bonds is 16. The Kier molecular flexibility index (Phi) is 12.9. The van der Waals surface area contributed by atoms with Crippen molar-refractivity contribution in [1.82, 2.24) is 10.1 Å². The average Bonchev–Trinajstić information content (AvgIpc) is 3.73. The molecule has 0 unspecified atom stereocenters. The van der Waals surface area contributed by atoms with Crippen LogP contribution in [-0.4, -0.2) is 82.0 Å². The van der Waals surface area contributed by atoms with Crippen molar-refractivity contribution in [3.8, 4) is 22.5 Å². The number of nitro benzene ring substituents is 1. The molecule has 0 spiro atoms. The number of hydrogen-bond acceptors (Lipinski definition) is 11. The first kappa shape index (κ1) is 40.6. The molecule has 58 heavy (non-hydrogen) atoms. The van der Waals surface area contributed by atoms with E-state index in [4.69, 9.17) is 16.1 Å². The lowest BCUT2D eigenvalue weighted by Gasteiger charge is -2.37. The number of aromatic nitrogens is 1. The molecule has 300 valence electrons. The second-order valence-corrected chi connectivity index (χ2v) is 17.5. The summed E-state index contributed by atoms with van der Waals surface area (Å²) in [5.41, 5.74) is 5.20. The molecule has 1 aromatic heterocycles. The van der Waals surface area contributed by atoms with Gasteiger partial charge < -0.3 is 24.5 Å². The van der Waals surface area contributed by atoms with Gasteiger partial charge in [-0.05, 0) is 118 Å². The first-order valence-corrected chi connectivity index (χ1v) is 21.7. The van der Waals surface area contributed by atoms with E-state index < -0.39 is 14.9 Å². The van der Waals surface area contributed by atoms with Gasteiger partial charge in [-0.25, -0.2) is 8.42 Å². The smallest absolute Gasteiger partial charge is 0.293 e. The van der Waals surface area contributed by atoms with Gasteiger partial charge in [0, 0.05) is 82.1 Å². The Morgan fingerprint density at radius 1 is 0.862 bits per heavy atom. The highest BCUT2D eigenvalue weighted by atomic mass is 35.5. The van der Waals surface area contributed by atoms with Crippen LogP contribution in [0.2, 0.25) is 5.02 Å². The van der Waals surface area contributed by atoms with Crippen LogP contribution in [0.5, 0.6) is 0 Å². The third-order valence-corrected chi connectivity index (χ3v) is 12.7. The molecule has 0 amide bonds. The first-order valence-electron chi connectivity index (χ1n) is 18.8. The number of sulfonamides is 1. The van der Waals surface area contributed by atoms with Gasteiger partial charge in [-0.1, -0.05) is 47.1 Å². The number of nitrogens with zero attached hydrogens (tertiary/aromatic N) is 5. The molecule has 12 nitrogen and oxygen atoms in total. The van der Waals surface area contributed by atoms with Crippen molar-refractivity contribution >= 4 is 61.8 Å². The third kappa shape index (κ3) is 10.1. The maximum atomic E-state index is 13.5. The van der Waals surface area contributed by atoms with E-state index in [1.165, 1.54) is 12.1 Å². The Morgan fingerprint density at radius 3 is 2.26 bits per heavy atom. The second kappa shape index (κ2) is 18.4. The molecule has 1 fully saturated rings. The number of benzene rings is 5. The molecule has 7 rings (SSSR count). The number of piperazine rings is 1. The summed E-state index contributed by atoms with van der Waals surface area (Å²) in [6.07, 6.45) is 2.47. The molecular weight excluding hydrogens is 794 g/mol. The van der Waals surface area contributed by atoms with Gasteiger partial charge in [0.1, 0.15) is 5.69 Å². The minimum absolute atomic E-state index is 0.0974. The number of nitro groups is 1. The number of thioether (sulfide) groups is 1. The predicted molar refractivity (Wildman–Crippen MR) is 235 cm³/mol. The third-order valence-electron chi connectivity index (χ3n) is 9.92. The van der Waals surface area contributed by atoms with Gasteiger partial charge in [-0.3, -0.25) is 14.8 Å². The van der Waals surface area contributed by atoms with E-state index in [2.05, 4.69) is 42.0 Å². The lowest BCUT2D eigenvalue weighted by molar-refractivity contribution is -0.384. The summed E-state index contributed by atoms with van der Waals surface area (Å²) in [5, 5.41) is 20.3. The van der Waals surface area contributed by atoms with Gasteiger partial charge >= 0.3 is 0 Å². The number of halogens is 1. The fourth-order valence-corrected chi connectivity index (χ4v) is 9.00. The van der Waals surface area contributed by atoms with Crippen molar-refractivity contribution < 1.29 is 17.9 Å². The molecule has 15 heteroatoms. The summed E-state index contributed by atoms with van der Waals surface area (Å²) >= 11 is 7.76. The molecule has 1 atom stereocenters. The monoisotopic (exact) mass is 837 g/mol. The Labute approximate surface area is 348 Å². The SMILES string of the molecule is CN(C)CC[C@H](CSc1ccccc1)Nc1ccc(S(=O)(=O)Nc2ccc(N3CCN(c4cccc(-c5cnoc5-c5ccc(Cl)cc5)c4)CC3)cc2)cc1[N+](=O)[O-]. The van der Waals surface area contributed by atoms with E-state index in [0.29, 0.717) is 22.2 Å². The highest BCUT2D eigenvalue weighted by Crippen LogP contribution is 2.35. The maximum absolute atomic E-state index is 13.5. The Bertz CT molecular complexity index is 2420. The molecule has 0 aliphatic carbocycles. The zero-order valence-corrected chi connectivity index (χ0v) is 34.5. The highest BCUT2D eigenvalue weighted by molar-refractivity contribution is 7.99. The standard InChI is InChI=1S/C43H44ClN7O5S2/c1-48(2)22-21-35(30-57-38-9-4-3-5-10-38)46-41-20-19-39(28-42(41)51(52)53)58(54,55)47-34-15-17-36(18-16-34)49-23-25-50(26-24-49)37-8-6-7-32(27-37)40-29-45-56-43(40)31-11-13-33(44)14-12-31/h3-20,27-29,35,46-47H,21-26,30H2,1-2H3/t35-/m1/s1. The van der Waals surface area contributed by atoms with Gasteiger partial charge in [0.25, 0.3) is 15.7 Å². The number of anilines is 4. The van der Waals surface area contributed by atoms with Crippen LogP contribution in [0.25, 0.3) is 22.5 Å². The molecule has 5 aromatic carbocycles. The van der Waals surface area contributed by atoms with Crippen molar-refractivity contribution in [2.24, 2.45) is 0 Å². The van der Waals surface area contributed by atoms with Crippen LogP contribution in [0.4, 0.5) is 28.4 Å². The zero-order valence-electron chi connectivity index (χ0n) is 32.1. The van der Waals surface area contributed by atoms with Crippen molar-refractivity contribution in [2.45, 2.75) is 22.3 Å². The van der Waals surface area contributed by atoms with E-state index >= 15 is 0 Å². The summed E-state index contributed by atoms with van der Waals surface area (Å²) in [7, 11) is -0.167. The summed E-state index contributed by atoms with van der Waals surface area (Å²) in [6, 6.07) is 36.9. The van der Waals surface area contributed by atoms with Crippen LogP contribution in [0, 0.1) is 10.1 Å². The van der Waals surface area contributed by atoms with E-state index in [1.54, 1.807) is 30.1 Å². The minimum atomic E-state index is -4.13. The van der Waals surface area contributed by atoms with Crippen LogP contribution in [0.3, 0.4) is 0 Å². The van der Waals surface area contributed by atoms with Gasteiger partial charge in [0.15, 0.2) is 5.76 Å². The molecule has 2 N–H and O–H groups in total. The highest BCUT2D eigenvalue weighted by Gasteiger charge is 2.24. The second-order valence-electron chi connectivity index (χ2n) is 14.2. The van der Waals surface area contributed by atoms with E-state index in [-0.39, 0.29) is 22.3 Å². The lowest BCUT2D eigenvalue weighted by atomic mass is 10.0. The molecule has 0 bridgehead atoms.